The number of anilines is 1. The van der Waals surface area contributed by atoms with Crippen molar-refractivity contribution in [1.82, 2.24) is 0 Å². The van der Waals surface area contributed by atoms with E-state index in [1.54, 1.807) is 6.07 Å². The van der Waals surface area contributed by atoms with Crippen LogP contribution in [0.15, 0.2) is 41.0 Å². The van der Waals surface area contributed by atoms with Crippen LogP contribution in [0.4, 0.5) is 5.69 Å². The van der Waals surface area contributed by atoms with Gasteiger partial charge in [0.2, 0.25) is 0 Å². The lowest BCUT2D eigenvalue weighted by Crippen LogP contribution is -2.15. The number of benzene rings is 1. The number of aryl methyl sites for hydroxylation is 1. The first-order valence-corrected chi connectivity index (χ1v) is 5.65. The first-order valence-electron chi connectivity index (χ1n) is 5.65. The fraction of sp³-hybridized carbons (Fsp3) is 0.214. The third-order valence-corrected chi connectivity index (χ3v) is 2.77. The fourth-order valence-corrected chi connectivity index (χ4v) is 1.70. The first kappa shape index (κ1) is 12.2. The Morgan fingerprint density at radius 3 is 2.56 bits per heavy atom. The monoisotopic (exact) mass is 245 g/mol. The number of nitrogens with zero attached hydrogens (tertiary/aromatic N) is 1. The van der Waals surface area contributed by atoms with Crippen LogP contribution < -0.4 is 4.90 Å². The largest absolute Gasteiger partial charge is 0.478 e. The Balaban J connectivity index is 2.08. The van der Waals surface area contributed by atoms with Gasteiger partial charge in [0, 0.05) is 12.7 Å². The Labute approximate surface area is 105 Å². The second-order valence-corrected chi connectivity index (χ2v) is 4.30. The summed E-state index contributed by atoms with van der Waals surface area (Å²) in [6.07, 6.45) is 1.26. The van der Waals surface area contributed by atoms with Gasteiger partial charge in [0.1, 0.15) is 12.0 Å². The molecule has 0 bridgehead atoms. The summed E-state index contributed by atoms with van der Waals surface area (Å²) in [5, 5.41) is 8.81. The summed E-state index contributed by atoms with van der Waals surface area (Å²) in [6.45, 7) is 2.58. The highest BCUT2D eigenvalue weighted by Crippen LogP contribution is 2.17. The molecule has 2 rings (SSSR count). The van der Waals surface area contributed by atoms with Gasteiger partial charge >= 0.3 is 5.97 Å². The molecule has 0 aliphatic heterocycles. The molecule has 0 radical (unpaired) electrons. The van der Waals surface area contributed by atoms with Gasteiger partial charge in [0.25, 0.3) is 0 Å². The lowest BCUT2D eigenvalue weighted by atomic mass is 10.2. The van der Waals surface area contributed by atoms with E-state index in [-0.39, 0.29) is 5.56 Å². The number of rotatable bonds is 4. The van der Waals surface area contributed by atoms with E-state index in [9.17, 15) is 4.79 Å². The highest BCUT2D eigenvalue weighted by atomic mass is 16.4. The minimum atomic E-state index is -0.969. The highest BCUT2D eigenvalue weighted by Gasteiger charge is 2.10. The van der Waals surface area contributed by atoms with Gasteiger partial charge in [0.15, 0.2) is 0 Å². The zero-order valence-electron chi connectivity index (χ0n) is 10.4. The number of carboxylic acid groups (broad SMARTS) is 1. The molecule has 1 heterocycles. The summed E-state index contributed by atoms with van der Waals surface area (Å²) >= 11 is 0. The van der Waals surface area contributed by atoms with Crippen molar-refractivity contribution in [3.63, 3.8) is 0 Å². The number of hydrogen-bond donors (Lipinski definition) is 1. The van der Waals surface area contributed by atoms with Crippen LogP contribution in [0.25, 0.3) is 0 Å². The average molecular weight is 245 g/mol. The third-order valence-electron chi connectivity index (χ3n) is 2.77. The normalized spacial score (nSPS) is 10.3. The minimum Gasteiger partial charge on any atom is -0.478 e. The molecule has 1 N–H and O–H groups in total. The summed E-state index contributed by atoms with van der Waals surface area (Å²) in [4.78, 5) is 12.7. The van der Waals surface area contributed by atoms with Gasteiger partial charge in [-0.1, -0.05) is 17.7 Å². The Morgan fingerprint density at radius 1 is 1.33 bits per heavy atom. The van der Waals surface area contributed by atoms with Gasteiger partial charge in [-0.05, 0) is 25.1 Å². The number of carbonyl (C=O) groups is 1. The van der Waals surface area contributed by atoms with Crippen LogP contribution in [0.5, 0.6) is 0 Å². The summed E-state index contributed by atoms with van der Waals surface area (Å²) < 4.78 is 5.22. The summed E-state index contributed by atoms with van der Waals surface area (Å²) in [5.41, 5.74) is 2.45. The van der Waals surface area contributed by atoms with Gasteiger partial charge in [0.05, 0.1) is 12.1 Å². The molecule has 0 atom stereocenters. The Bertz CT molecular complexity index is 542. The van der Waals surface area contributed by atoms with Crippen molar-refractivity contribution in [2.75, 3.05) is 11.9 Å². The molecule has 2 aromatic rings. The highest BCUT2D eigenvalue weighted by molar-refractivity contribution is 5.87. The summed E-state index contributed by atoms with van der Waals surface area (Å²) in [5.74, 6) is -0.335. The molecule has 4 heteroatoms. The van der Waals surface area contributed by atoms with Crippen molar-refractivity contribution in [2.45, 2.75) is 13.5 Å². The molecule has 4 nitrogen and oxygen atoms in total. The van der Waals surface area contributed by atoms with E-state index in [0.717, 1.165) is 5.69 Å². The lowest BCUT2D eigenvalue weighted by molar-refractivity contribution is 0.0696. The van der Waals surface area contributed by atoms with Crippen LogP contribution in [0.2, 0.25) is 0 Å². The quantitative estimate of drug-likeness (QED) is 0.899. The second kappa shape index (κ2) is 4.96. The van der Waals surface area contributed by atoms with Gasteiger partial charge in [-0.3, -0.25) is 0 Å². The second-order valence-electron chi connectivity index (χ2n) is 4.30. The fourth-order valence-electron chi connectivity index (χ4n) is 1.70. The van der Waals surface area contributed by atoms with E-state index in [1.807, 2.05) is 43.1 Å². The van der Waals surface area contributed by atoms with E-state index >= 15 is 0 Å². The maximum Gasteiger partial charge on any atom is 0.338 e. The summed E-state index contributed by atoms with van der Waals surface area (Å²) in [6, 6.07) is 9.67. The molecule has 0 aliphatic rings. The van der Waals surface area contributed by atoms with Crippen molar-refractivity contribution < 1.29 is 14.3 Å². The predicted octanol–water partition coefficient (Wildman–Crippen LogP) is 2.92. The maximum atomic E-state index is 10.7. The molecule has 0 saturated carbocycles. The molecular formula is C14H15NO3. The van der Waals surface area contributed by atoms with Crippen LogP contribution in [0, 0.1) is 6.92 Å². The van der Waals surface area contributed by atoms with E-state index in [1.165, 1.54) is 11.8 Å². The molecule has 0 amide bonds. The summed E-state index contributed by atoms with van der Waals surface area (Å²) in [7, 11) is 1.94. The Kier molecular flexibility index (Phi) is 3.37. The standard InChI is InChI=1S/C14H15NO3/c1-10-3-5-12(6-4-10)15(2)8-13-7-11(9-18-13)14(16)17/h3-7,9H,8H2,1-2H3,(H,16,17). The van der Waals surface area contributed by atoms with Crippen LogP contribution in [-0.2, 0) is 6.54 Å². The van der Waals surface area contributed by atoms with Crippen molar-refractivity contribution in [1.29, 1.82) is 0 Å². The average Bonchev–Trinajstić information content (AvgIpc) is 2.78. The molecule has 18 heavy (non-hydrogen) atoms. The van der Waals surface area contributed by atoms with Crippen LogP contribution in [-0.4, -0.2) is 18.1 Å². The molecule has 0 aliphatic carbocycles. The van der Waals surface area contributed by atoms with Crippen molar-refractivity contribution >= 4 is 11.7 Å². The van der Waals surface area contributed by atoms with E-state index in [0.29, 0.717) is 12.3 Å². The molecule has 94 valence electrons. The molecule has 0 saturated heterocycles. The topological polar surface area (TPSA) is 53.7 Å². The number of carboxylic acids is 1. The molecule has 1 aromatic carbocycles. The van der Waals surface area contributed by atoms with Crippen LogP contribution in [0.1, 0.15) is 21.7 Å². The van der Waals surface area contributed by atoms with E-state index in [2.05, 4.69) is 0 Å². The Hall–Kier alpha value is -2.23. The number of furan rings is 1. The minimum absolute atomic E-state index is 0.183. The van der Waals surface area contributed by atoms with Gasteiger partial charge < -0.3 is 14.4 Å². The molecule has 0 spiro atoms. The smallest absolute Gasteiger partial charge is 0.338 e. The number of aromatic carboxylic acids is 1. The molecular weight excluding hydrogens is 230 g/mol. The van der Waals surface area contributed by atoms with Crippen molar-refractivity contribution in [3.8, 4) is 0 Å². The first-order chi connectivity index (χ1) is 8.56. The predicted molar refractivity (Wildman–Crippen MR) is 69.0 cm³/mol. The van der Waals surface area contributed by atoms with E-state index in [4.69, 9.17) is 9.52 Å². The van der Waals surface area contributed by atoms with Crippen LogP contribution >= 0.6 is 0 Å². The molecule has 0 unspecified atom stereocenters. The molecule has 0 fully saturated rings. The van der Waals surface area contributed by atoms with Crippen LogP contribution in [0.3, 0.4) is 0 Å². The van der Waals surface area contributed by atoms with Crippen molar-refractivity contribution in [3.05, 3.63) is 53.5 Å². The zero-order chi connectivity index (χ0) is 13.1. The van der Waals surface area contributed by atoms with E-state index < -0.39 is 5.97 Å². The van der Waals surface area contributed by atoms with Gasteiger partial charge in [-0.2, -0.15) is 0 Å². The maximum absolute atomic E-state index is 10.7. The number of hydrogen-bond acceptors (Lipinski definition) is 3. The van der Waals surface area contributed by atoms with Crippen molar-refractivity contribution in [2.24, 2.45) is 0 Å². The zero-order valence-corrected chi connectivity index (χ0v) is 10.4. The Morgan fingerprint density at radius 2 is 2.00 bits per heavy atom. The molecule has 1 aromatic heterocycles. The lowest BCUT2D eigenvalue weighted by Gasteiger charge is -2.17. The van der Waals surface area contributed by atoms with Gasteiger partial charge in [-0.15, -0.1) is 0 Å². The van der Waals surface area contributed by atoms with Gasteiger partial charge in [-0.25, -0.2) is 4.79 Å². The third kappa shape index (κ3) is 2.71. The SMILES string of the molecule is Cc1ccc(N(C)Cc2cc(C(=O)O)co2)cc1.